The summed E-state index contributed by atoms with van der Waals surface area (Å²) in [5, 5.41) is 3.69. The molecule has 0 saturated carbocycles. The van der Waals surface area contributed by atoms with Crippen LogP contribution in [0.2, 0.25) is 10.0 Å². The fourth-order valence-corrected chi connectivity index (χ4v) is 5.34. The second-order valence-corrected chi connectivity index (χ2v) is 10.5. The Morgan fingerprint density at radius 2 is 1.91 bits per heavy atom. The minimum Gasteiger partial charge on any atom is -0.351 e. The van der Waals surface area contributed by atoms with Crippen molar-refractivity contribution in [2.75, 3.05) is 18.8 Å². The molecule has 170 valence electrons. The molecule has 2 aromatic rings. The number of aliphatic imine (C=N–C) groups is 1. The molecule has 2 aromatic carbocycles. The molecule has 1 amide bonds. The van der Waals surface area contributed by atoms with Crippen molar-refractivity contribution in [3.8, 4) is 0 Å². The highest BCUT2D eigenvalue weighted by molar-refractivity contribution is 8.01. The minimum absolute atomic E-state index is 0.00262. The summed E-state index contributed by atoms with van der Waals surface area (Å²) in [7, 11) is 0. The van der Waals surface area contributed by atoms with Crippen molar-refractivity contribution in [1.29, 1.82) is 0 Å². The van der Waals surface area contributed by atoms with Crippen molar-refractivity contribution in [3.05, 3.63) is 68.7 Å². The highest BCUT2D eigenvalue weighted by Crippen LogP contribution is 2.48. The number of benzene rings is 2. The van der Waals surface area contributed by atoms with E-state index in [0.717, 1.165) is 12.2 Å². The van der Waals surface area contributed by atoms with Gasteiger partial charge in [-0.1, -0.05) is 29.3 Å². The third-order valence-corrected chi connectivity index (χ3v) is 7.84. The first kappa shape index (κ1) is 23.5. The van der Waals surface area contributed by atoms with Crippen LogP contribution in [0.15, 0.2) is 41.4 Å². The van der Waals surface area contributed by atoms with Crippen LogP contribution in [0.1, 0.15) is 39.9 Å². The number of aryl methyl sites for hydroxylation is 1. The Hall–Kier alpha value is -1.70. The number of halogens is 5. The number of hydrogen-bond acceptors (Lipinski definition) is 3. The third kappa shape index (κ3) is 4.52. The van der Waals surface area contributed by atoms with Gasteiger partial charge in [-0.25, -0.2) is 0 Å². The molecule has 1 N–H and O–H groups in total. The van der Waals surface area contributed by atoms with E-state index in [1.807, 2.05) is 11.8 Å². The number of rotatable bonds is 5. The first-order valence-corrected chi connectivity index (χ1v) is 12.0. The SMILES string of the molecule is Cc1cc(C2=NC[C@@](c3cc(Cl)cc(Cl)c3)(C(F)(F)F)C2)ccc1C(=O)NCC1CCS1. The van der Waals surface area contributed by atoms with Gasteiger partial charge in [0.15, 0.2) is 0 Å². The smallest absolute Gasteiger partial charge is 0.351 e. The van der Waals surface area contributed by atoms with Gasteiger partial charge >= 0.3 is 6.18 Å². The molecule has 4 rings (SSSR count). The van der Waals surface area contributed by atoms with Crippen molar-refractivity contribution in [2.45, 2.75) is 36.6 Å². The molecule has 2 aliphatic heterocycles. The Labute approximate surface area is 198 Å². The number of carbonyl (C=O) groups is 1. The zero-order valence-corrected chi connectivity index (χ0v) is 19.6. The van der Waals surface area contributed by atoms with Crippen LogP contribution in [0.3, 0.4) is 0 Å². The molecule has 2 heterocycles. The summed E-state index contributed by atoms with van der Waals surface area (Å²) >= 11 is 13.8. The zero-order chi connectivity index (χ0) is 23.1. The summed E-state index contributed by atoms with van der Waals surface area (Å²) in [6, 6.07) is 9.06. The van der Waals surface area contributed by atoms with Crippen LogP contribution in [0.5, 0.6) is 0 Å². The third-order valence-electron chi connectivity index (χ3n) is 6.05. The average molecular weight is 501 g/mol. The Morgan fingerprint density at radius 3 is 2.47 bits per heavy atom. The van der Waals surface area contributed by atoms with E-state index in [4.69, 9.17) is 23.2 Å². The van der Waals surface area contributed by atoms with E-state index in [0.29, 0.717) is 34.2 Å². The predicted octanol–water partition coefficient (Wildman–Crippen LogP) is 6.23. The molecule has 1 saturated heterocycles. The fraction of sp³-hybridized carbons (Fsp3) is 0.391. The lowest BCUT2D eigenvalue weighted by Crippen LogP contribution is -2.43. The molecule has 1 fully saturated rings. The molecule has 32 heavy (non-hydrogen) atoms. The number of thioether (sulfide) groups is 1. The van der Waals surface area contributed by atoms with Crippen molar-refractivity contribution in [1.82, 2.24) is 5.32 Å². The highest BCUT2D eigenvalue weighted by Gasteiger charge is 2.58. The van der Waals surface area contributed by atoms with Crippen molar-refractivity contribution >= 4 is 46.6 Å². The molecular weight excluding hydrogens is 480 g/mol. The van der Waals surface area contributed by atoms with E-state index >= 15 is 0 Å². The van der Waals surface area contributed by atoms with Gasteiger partial charge in [0.05, 0.1) is 6.54 Å². The zero-order valence-electron chi connectivity index (χ0n) is 17.2. The minimum atomic E-state index is -4.54. The largest absolute Gasteiger partial charge is 0.400 e. The first-order valence-electron chi connectivity index (χ1n) is 10.2. The number of nitrogens with zero attached hydrogens (tertiary/aromatic N) is 1. The fourth-order valence-electron chi connectivity index (χ4n) is 4.04. The van der Waals surface area contributed by atoms with Crippen LogP contribution in [-0.2, 0) is 5.41 Å². The van der Waals surface area contributed by atoms with Crippen LogP contribution >= 0.6 is 35.0 Å². The second-order valence-electron chi connectivity index (χ2n) is 8.20. The molecule has 0 aliphatic carbocycles. The van der Waals surface area contributed by atoms with E-state index in [9.17, 15) is 18.0 Å². The maximum Gasteiger partial charge on any atom is 0.400 e. The van der Waals surface area contributed by atoms with Gasteiger partial charge in [-0.3, -0.25) is 9.79 Å². The normalized spacial score (nSPS) is 22.9. The van der Waals surface area contributed by atoms with E-state index in [2.05, 4.69) is 10.3 Å². The number of alkyl halides is 3. The Balaban J connectivity index is 1.57. The molecule has 0 radical (unpaired) electrons. The van der Waals surface area contributed by atoms with Gasteiger partial charge < -0.3 is 5.32 Å². The molecular formula is C23H21Cl2F3N2OS. The van der Waals surface area contributed by atoms with E-state index in [-0.39, 0.29) is 27.9 Å². The van der Waals surface area contributed by atoms with Crippen molar-refractivity contribution in [2.24, 2.45) is 4.99 Å². The summed E-state index contributed by atoms with van der Waals surface area (Å²) in [5.74, 6) is 0.949. The quantitative estimate of drug-likeness (QED) is 0.528. The number of hydrogen-bond donors (Lipinski definition) is 1. The molecule has 1 unspecified atom stereocenters. The number of amides is 1. The van der Waals surface area contributed by atoms with E-state index in [1.165, 1.54) is 18.2 Å². The molecule has 0 aromatic heterocycles. The van der Waals surface area contributed by atoms with E-state index < -0.39 is 18.1 Å². The summed E-state index contributed by atoms with van der Waals surface area (Å²) in [5.41, 5.74) is -0.0592. The Bertz CT molecular complexity index is 1070. The predicted molar refractivity (Wildman–Crippen MR) is 125 cm³/mol. The van der Waals surface area contributed by atoms with Gasteiger partial charge in [0.2, 0.25) is 0 Å². The van der Waals surface area contributed by atoms with Gasteiger partial charge in [0, 0.05) is 39.5 Å². The molecule has 0 spiro atoms. The maximum absolute atomic E-state index is 14.3. The lowest BCUT2D eigenvalue weighted by Gasteiger charge is -2.31. The Morgan fingerprint density at radius 1 is 1.22 bits per heavy atom. The molecule has 3 nitrogen and oxygen atoms in total. The van der Waals surface area contributed by atoms with E-state index in [1.54, 1.807) is 25.1 Å². The van der Waals surface area contributed by atoms with Crippen LogP contribution in [0.25, 0.3) is 0 Å². The monoisotopic (exact) mass is 500 g/mol. The highest BCUT2D eigenvalue weighted by atomic mass is 35.5. The standard InChI is InChI=1S/C23H21Cl2F3N2OS/c1-13-6-14(2-3-19(13)21(31)29-11-18-4-5-32-18)20-10-22(12-30-20,23(26,27)28)15-7-16(24)9-17(25)8-15/h2-3,6-9,18H,4-5,10-12H2,1H3,(H,29,31)/t18?,22-/m0/s1. The van der Waals surface area contributed by atoms with Gasteiger partial charge in [-0.2, -0.15) is 24.9 Å². The van der Waals surface area contributed by atoms with Crippen molar-refractivity contribution in [3.63, 3.8) is 0 Å². The van der Waals surface area contributed by atoms with Crippen LogP contribution in [0.4, 0.5) is 13.2 Å². The van der Waals surface area contributed by atoms with Gasteiger partial charge in [0.1, 0.15) is 5.41 Å². The summed E-state index contributed by atoms with van der Waals surface area (Å²) in [4.78, 5) is 16.8. The second kappa shape index (κ2) is 8.92. The Kier molecular flexibility index (Phi) is 6.54. The van der Waals surface area contributed by atoms with Gasteiger partial charge in [-0.05, 0) is 66.1 Å². The van der Waals surface area contributed by atoms with Crippen LogP contribution in [0, 0.1) is 6.92 Å². The molecule has 2 aliphatic rings. The summed E-state index contributed by atoms with van der Waals surface area (Å²) < 4.78 is 42.8. The lowest BCUT2D eigenvalue weighted by molar-refractivity contribution is -0.183. The number of nitrogens with one attached hydrogen (secondary N) is 1. The average Bonchev–Trinajstić information content (AvgIpc) is 3.12. The van der Waals surface area contributed by atoms with Gasteiger partial charge in [-0.15, -0.1) is 0 Å². The topological polar surface area (TPSA) is 41.5 Å². The first-order chi connectivity index (χ1) is 15.1. The lowest BCUT2D eigenvalue weighted by atomic mass is 9.76. The summed E-state index contributed by atoms with van der Waals surface area (Å²) in [6.07, 6.45) is -3.76. The van der Waals surface area contributed by atoms with Gasteiger partial charge in [0.25, 0.3) is 5.91 Å². The molecule has 2 atom stereocenters. The van der Waals surface area contributed by atoms with Crippen molar-refractivity contribution < 1.29 is 18.0 Å². The van der Waals surface area contributed by atoms with Crippen LogP contribution in [-0.4, -0.2) is 41.9 Å². The maximum atomic E-state index is 14.3. The summed E-state index contributed by atoms with van der Waals surface area (Å²) in [6.45, 7) is 1.95. The van der Waals surface area contributed by atoms with Crippen LogP contribution < -0.4 is 5.32 Å². The molecule has 0 bridgehead atoms. The number of carbonyl (C=O) groups excluding carboxylic acids is 1. The molecule has 9 heteroatoms.